The van der Waals surface area contributed by atoms with Gasteiger partial charge in [-0.2, -0.15) is 0 Å². The fraction of sp³-hybridized carbons (Fsp3) is 0.368. The highest BCUT2D eigenvalue weighted by Gasteiger charge is 2.49. The highest BCUT2D eigenvalue weighted by Crippen LogP contribution is 2.29. The van der Waals surface area contributed by atoms with E-state index >= 15 is 0 Å². The van der Waals surface area contributed by atoms with Gasteiger partial charge in [0.2, 0.25) is 5.91 Å². The number of nitrogens with zero attached hydrogens (tertiary/aromatic N) is 2. The van der Waals surface area contributed by atoms with Crippen LogP contribution in [0.4, 0.5) is 9.93 Å². The molecular weight excluding hydrogens is 364 g/mol. The van der Waals surface area contributed by atoms with E-state index in [0.717, 1.165) is 23.4 Å². The van der Waals surface area contributed by atoms with Gasteiger partial charge in [-0.05, 0) is 31.4 Å². The van der Waals surface area contributed by atoms with Gasteiger partial charge in [0.15, 0.2) is 5.13 Å². The molecule has 7 nitrogen and oxygen atoms in total. The Balaban J connectivity index is 1.72. The van der Waals surface area contributed by atoms with Gasteiger partial charge in [0.25, 0.3) is 5.91 Å². The van der Waals surface area contributed by atoms with Crippen LogP contribution in [0, 0.1) is 6.92 Å². The lowest BCUT2D eigenvalue weighted by Crippen LogP contribution is -2.42. The van der Waals surface area contributed by atoms with Crippen LogP contribution in [0.25, 0.3) is 0 Å². The Bertz CT molecular complexity index is 877. The molecule has 1 aliphatic rings. The number of aromatic nitrogens is 1. The Morgan fingerprint density at radius 3 is 2.59 bits per heavy atom. The molecule has 142 valence electrons. The van der Waals surface area contributed by atoms with Crippen LogP contribution >= 0.6 is 11.3 Å². The van der Waals surface area contributed by atoms with E-state index in [9.17, 15) is 14.4 Å². The van der Waals surface area contributed by atoms with E-state index in [1.54, 1.807) is 6.92 Å². The minimum absolute atomic E-state index is 0.354. The topological polar surface area (TPSA) is 91.4 Å². The maximum absolute atomic E-state index is 12.9. The SMILES string of the molecule is CCCc1ccc(C2(C)NC(=O)N(CC(=O)Nc3nc(C)cs3)C2=O)cc1. The molecule has 1 aliphatic heterocycles. The second kappa shape index (κ2) is 7.48. The summed E-state index contributed by atoms with van der Waals surface area (Å²) in [5, 5.41) is 7.58. The van der Waals surface area contributed by atoms with Gasteiger partial charge in [0.1, 0.15) is 12.1 Å². The first-order chi connectivity index (χ1) is 12.8. The number of rotatable bonds is 6. The minimum Gasteiger partial charge on any atom is -0.319 e. The van der Waals surface area contributed by atoms with Crippen LogP contribution in [0.15, 0.2) is 29.6 Å². The molecule has 27 heavy (non-hydrogen) atoms. The van der Waals surface area contributed by atoms with Gasteiger partial charge in [-0.3, -0.25) is 14.5 Å². The van der Waals surface area contributed by atoms with Crippen molar-refractivity contribution in [1.82, 2.24) is 15.2 Å². The molecule has 0 radical (unpaired) electrons. The Hall–Kier alpha value is -2.74. The van der Waals surface area contributed by atoms with Crippen molar-refractivity contribution in [2.24, 2.45) is 0 Å². The van der Waals surface area contributed by atoms with E-state index in [0.29, 0.717) is 10.7 Å². The lowest BCUT2D eigenvalue weighted by atomic mass is 9.91. The standard InChI is InChI=1S/C19H22N4O3S/c1-4-5-13-6-8-14(9-7-13)19(3)16(25)23(18(26)22-19)10-15(24)21-17-20-12(2)11-27-17/h6-9,11H,4-5,10H2,1-3H3,(H,22,26)(H,20,21,24). The number of carbonyl (C=O) groups excluding carboxylic acids is 3. The summed E-state index contributed by atoms with van der Waals surface area (Å²) in [4.78, 5) is 42.5. The molecule has 1 fully saturated rings. The van der Waals surface area contributed by atoms with E-state index in [-0.39, 0.29) is 6.54 Å². The second-order valence-corrected chi connectivity index (χ2v) is 7.59. The number of carbonyl (C=O) groups is 3. The third kappa shape index (κ3) is 3.85. The molecule has 1 saturated heterocycles. The summed E-state index contributed by atoms with van der Waals surface area (Å²) in [6, 6.07) is 7.05. The summed E-state index contributed by atoms with van der Waals surface area (Å²) in [5.74, 6) is -0.906. The smallest absolute Gasteiger partial charge is 0.319 e. The molecule has 4 amide bonds. The van der Waals surface area contributed by atoms with Gasteiger partial charge in [-0.1, -0.05) is 37.6 Å². The van der Waals surface area contributed by atoms with Crippen molar-refractivity contribution in [2.75, 3.05) is 11.9 Å². The van der Waals surface area contributed by atoms with E-state index in [1.807, 2.05) is 36.6 Å². The molecule has 1 aromatic heterocycles. The first-order valence-electron chi connectivity index (χ1n) is 8.79. The molecule has 0 saturated carbocycles. The number of hydrogen-bond acceptors (Lipinski definition) is 5. The summed E-state index contributed by atoms with van der Waals surface area (Å²) in [5.41, 5.74) is 1.49. The van der Waals surface area contributed by atoms with Crippen molar-refractivity contribution in [1.29, 1.82) is 0 Å². The molecule has 2 N–H and O–H groups in total. The molecule has 1 aromatic carbocycles. The number of benzene rings is 1. The Morgan fingerprint density at radius 1 is 1.30 bits per heavy atom. The molecule has 3 rings (SSSR count). The van der Waals surface area contributed by atoms with Crippen molar-refractivity contribution in [3.8, 4) is 0 Å². The molecule has 0 bridgehead atoms. The molecule has 1 atom stereocenters. The summed E-state index contributed by atoms with van der Waals surface area (Å²) in [6.45, 7) is 5.23. The molecule has 2 aromatic rings. The highest BCUT2D eigenvalue weighted by molar-refractivity contribution is 7.13. The lowest BCUT2D eigenvalue weighted by Gasteiger charge is -2.22. The zero-order valence-electron chi connectivity index (χ0n) is 15.5. The number of thiazole rings is 1. The first kappa shape index (κ1) is 19.0. The fourth-order valence-electron chi connectivity index (χ4n) is 3.04. The average Bonchev–Trinajstić information content (AvgIpc) is 3.12. The Labute approximate surface area is 161 Å². The minimum atomic E-state index is -1.18. The quantitative estimate of drug-likeness (QED) is 0.747. The van der Waals surface area contributed by atoms with E-state index < -0.39 is 23.4 Å². The molecular formula is C19H22N4O3S. The van der Waals surface area contributed by atoms with Gasteiger partial charge < -0.3 is 10.6 Å². The molecule has 1 unspecified atom stereocenters. The van der Waals surface area contributed by atoms with Crippen LogP contribution in [0.3, 0.4) is 0 Å². The Morgan fingerprint density at radius 2 is 2.00 bits per heavy atom. The van der Waals surface area contributed by atoms with Crippen LogP contribution in [0.2, 0.25) is 0 Å². The van der Waals surface area contributed by atoms with Gasteiger partial charge in [0, 0.05) is 5.38 Å². The second-order valence-electron chi connectivity index (χ2n) is 6.74. The van der Waals surface area contributed by atoms with Crippen molar-refractivity contribution < 1.29 is 14.4 Å². The summed E-state index contributed by atoms with van der Waals surface area (Å²) in [7, 11) is 0. The normalized spacial score (nSPS) is 19.3. The van der Waals surface area contributed by atoms with Crippen LogP contribution in [-0.4, -0.2) is 34.3 Å². The van der Waals surface area contributed by atoms with Gasteiger partial charge in [-0.15, -0.1) is 11.3 Å². The number of amides is 4. The van der Waals surface area contributed by atoms with Crippen molar-refractivity contribution >= 4 is 34.3 Å². The number of hydrogen-bond donors (Lipinski definition) is 2. The largest absolute Gasteiger partial charge is 0.325 e. The molecule has 0 aliphatic carbocycles. The third-order valence-corrected chi connectivity index (χ3v) is 5.39. The monoisotopic (exact) mass is 386 g/mol. The summed E-state index contributed by atoms with van der Waals surface area (Å²) >= 11 is 1.29. The van der Waals surface area contributed by atoms with Gasteiger partial charge in [0.05, 0.1) is 5.69 Å². The van der Waals surface area contributed by atoms with Crippen molar-refractivity contribution in [2.45, 2.75) is 39.2 Å². The Kier molecular flexibility index (Phi) is 5.27. The maximum atomic E-state index is 12.9. The number of imide groups is 1. The predicted molar refractivity (Wildman–Crippen MR) is 104 cm³/mol. The zero-order chi connectivity index (χ0) is 19.6. The van der Waals surface area contributed by atoms with Crippen LogP contribution in [0.5, 0.6) is 0 Å². The average molecular weight is 386 g/mol. The van der Waals surface area contributed by atoms with Crippen LogP contribution < -0.4 is 10.6 Å². The predicted octanol–water partition coefficient (Wildman–Crippen LogP) is 2.81. The molecule has 2 heterocycles. The number of nitrogens with one attached hydrogen (secondary N) is 2. The van der Waals surface area contributed by atoms with Crippen LogP contribution in [0.1, 0.15) is 37.1 Å². The first-order valence-corrected chi connectivity index (χ1v) is 9.67. The van der Waals surface area contributed by atoms with E-state index in [2.05, 4.69) is 22.5 Å². The van der Waals surface area contributed by atoms with Crippen LogP contribution in [-0.2, 0) is 21.5 Å². The van der Waals surface area contributed by atoms with Crippen molar-refractivity contribution in [3.05, 3.63) is 46.5 Å². The van der Waals surface area contributed by atoms with E-state index in [4.69, 9.17) is 0 Å². The van der Waals surface area contributed by atoms with Gasteiger partial charge in [-0.25, -0.2) is 9.78 Å². The summed E-state index contributed by atoms with van der Waals surface area (Å²) < 4.78 is 0. The van der Waals surface area contributed by atoms with Crippen molar-refractivity contribution in [3.63, 3.8) is 0 Å². The number of urea groups is 1. The number of anilines is 1. The third-order valence-electron chi connectivity index (χ3n) is 4.51. The zero-order valence-corrected chi connectivity index (χ0v) is 16.4. The maximum Gasteiger partial charge on any atom is 0.325 e. The van der Waals surface area contributed by atoms with E-state index in [1.165, 1.54) is 16.9 Å². The molecule has 8 heteroatoms. The lowest BCUT2D eigenvalue weighted by molar-refractivity contribution is -0.133. The molecule has 0 spiro atoms. The number of aryl methyl sites for hydroxylation is 2. The fourth-order valence-corrected chi connectivity index (χ4v) is 3.75. The van der Waals surface area contributed by atoms with Gasteiger partial charge >= 0.3 is 6.03 Å². The highest BCUT2D eigenvalue weighted by atomic mass is 32.1. The summed E-state index contributed by atoms with van der Waals surface area (Å²) in [6.07, 6.45) is 1.99.